The number of carbonyl (C=O) groups excluding carboxylic acids is 2. The van der Waals surface area contributed by atoms with Gasteiger partial charge in [-0.1, -0.05) is 28.1 Å². The number of hydrogen-bond acceptors (Lipinski definition) is 3. The van der Waals surface area contributed by atoms with Crippen LogP contribution in [0.4, 0.5) is 4.79 Å². The molecule has 1 aromatic carbocycles. The molecule has 0 aliphatic carbocycles. The second kappa shape index (κ2) is 4.65. The van der Waals surface area contributed by atoms with Crippen molar-refractivity contribution in [3.05, 3.63) is 34.3 Å². The third-order valence-corrected chi connectivity index (χ3v) is 3.52. The fourth-order valence-electron chi connectivity index (χ4n) is 1.95. The molecule has 0 spiro atoms. The van der Waals surface area contributed by atoms with Gasteiger partial charge in [0, 0.05) is 4.47 Å². The van der Waals surface area contributed by atoms with E-state index in [1.165, 1.54) is 0 Å². The minimum Gasteiger partial charge on any atom is -0.480 e. The standard InChI is InChI=1S/C12H11BrN2O4/c1-12(7-2-4-8(13)5-3-7)10(18)15(6-9(16)17)11(19)14-12/h2-5H,6H2,1H3,(H,14,19)(H,16,17)/t12-/m1/s1. The lowest BCUT2D eigenvalue weighted by Crippen LogP contribution is -2.41. The van der Waals surface area contributed by atoms with Gasteiger partial charge in [0.2, 0.25) is 0 Å². The molecule has 0 saturated carbocycles. The van der Waals surface area contributed by atoms with E-state index in [0.29, 0.717) is 10.5 Å². The van der Waals surface area contributed by atoms with E-state index in [-0.39, 0.29) is 0 Å². The van der Waals surface area contributed by atoms with E-state index in [4.69, 9.17) is 5.11 Å². The molecule has 1 aliphatic rings. The highest BCUT2D eigenvalue weighted by Gasteiger charge is 2.49. The Balaban J connectivity index is 2.35. The number of imide groups is 1. The van der Waals surface area contributed by atoms with E-state index in [1.54, 1.807) is 31.2 Å². The Morgan fingerprint density at radius 1 is 1.37 bits per heavy atom. The van der Waals surface area contributed by atoms with Crippen molar-refractivity contribution in [1.82, 2.24) is 10.2 Å². The van der Waals surface area contributed by atoms with Crippen LogP contribution < -0.4 is 5.32 Å². The SMILES string of the molecule is C[C@]1(c2ccc(Br)cc2)NC(=O)N(CC(=O)O)C1=O. The highest BCUT2D eigenvalue weighted by Crippen LogP contribution is 2.29. The predicted octanol–water partition coefficient (Wildman–Crippen LogP) is 1.30. The summed E-state index contributed by atoms with van der Waals surface area (Å²) in [5.41, 5.74) is -0.630. The summed E-state index contributed by atoms with van der Waals surface area (Å²) in [6.45, 7) is 0.912. The maximum atomic E-state index is 12.2. The van der Waals surface area contributed by atoms with E-state index in [1.807, 2.05) is 0 Å². The van der Waals surface area contributed by atoms with Crippen LogP contribution >= 0.6 is 15.9 Å². The molecule has 0 aromatic heterocycles. The lowest BCUT2D eigenvalue weighted by atomic mass is 9.92. The number of benzene rings is 1. The molecule has 6 nitrogen and oxygen atoms in total. The average Bonchev–Trinajstić information content (AvgIpc) is 2.54. The maximum absolute atomic E-state index is 12.2. The van der Waals surface area contributed by atoms with Gasteiger partial charge >= 0.3 is 12.0 Å². The van der Waals surface area contributed by atoms with Gasteiger partial charge in [0.05, 0.1) is 0 Å². The molecule has 1 saturated heterocycles. The first-order valence-corrected chi connectivity index (χ1v) is 6.26. The lowest BCUT2D eigenvalue weighted by molar-refractivity contribution is -0.142. The smallest absolute Gasteiger partial charge is 0.325 e. The second-order valence-electron chi connectivity index (χ2n) is 4.35. The largest absolute Gasteiger partial charge is 0.480 e. The van der Waals surface area contributed by atoms with Gasteiger partial charge in [0.25, 0.3) is 5.91 Å². The van der Waals surface area contributed by atoms with Crippen LogP contribution in [0.3, 0.4) is 0 Å². The molecule has 100 valence electrons. The van der Waals surface area contributed by atoms with Crippen LogP contribution in [0.25, 0.3) is 0 Å². The molecule has 1 atom stereocenters. The van der Waals surface area contributed by atoms with Gasteiger partial charge in [-0.25, -0.2) is 4.79 Å². The molecule has 0 unspecified atom stereocenters. The zero-order valence-electron chi connectivity index (χ0n) is 10.0. The van der Waals surface area contributed by atoms with E-state index >= 15 is 0 Å². The van der Waals surface area contributed by atoms with Crippen molar-refractivity contribution >= 4 is 33.8 Å². The van der Waals surface area contributed by atoms with Gasteiger partial charge in [-0.2, -0.15) is 0 Å². The van der Waals surface area contributed by atoms with Crippen molar-refractivity contribution in [2.75, 3.05) is 6.54 Å². The predicted molar refractivity (Wildman–Crippen MR) is 69.4 cm³/mol. The summed E-state index contributed by atoms with van der Waals surface area (Å²) in [7, 11) is 0. The highest BCUT2D eigenvalue weighted by molar-refractivity contribution is 9.10. The quantitative estimate of drug-likeness (QED) is 0.820. The number of amides is 3. The molecular weight excluding hydrogens is 316 g/mol. The van der Waals surface area contributed by atoms with Crippen molar-refractivity contribution in [2.24, 2.45) is 0 Å². The van der Waals surface area contributed by atoms with Crippen molar-refractivity contribution in [3.63, 3.8) is 0 Å². The first kappa shape index (κ1) is 13.5. The van der Waals surface area contributed by atoms with Crippen LogP contribution in [0, 0.1) is 0 Å². The Morgan fingerprint density at radius 2 is 1.95 bits per heavy atom. The average molecular weight is 327 g/mol. The molecule has 2 N–H and O–H groups in total. The summed E-state index contributed by atoms with van der Waals surface area (Å²) >= 11 is 3.28. The van der Waals surface area contributed by atoms with Gasteiger partial charge in [-0.05, 0) is 24.6 Å². The number of rotatable bonds is 3. The number of carbonyl (C=O) groups is 3. The maximum Gasteiger partial charge on any atom is 0.325 e. The Kier molecular flexibility index (Phi) is 3.32. The zero-order chi connectivity index (χ0) is 14.2. The van der Waals surface area contributed by atoms with Crippen molar-refractivity contribution < 1.29 is 19.5 Å². The van der Waals surface area contributed by atoms with Crippen LogP contribution in [0.2, 0.25) is 0 Å². The van der Waals surface area contributed by atoms with Crippen LogP contribution in [0.15, 0.2) is 28.7 Å². The summed E-state index contributed by atoms with van der Waals surface area (Å²) in [6.07, 6.45) is 0. The summed E-state index contributed by atoms with van der Waals surface area (Å²) in [4.78, 5) is 35.3. The molecule has 0 radical (unpaired) electrons. The van der Waals surface area contributed by atoms with Crippen molar-refractivity contribution in [1.29, 1.82) is 0 Å². The number of nitrogens with zero attached hydrogens (tertiary/aromatic N) is 1. The Hall–Kier alpha value is -1.89. The molecule has 1 heterocycles. The lowest BCUT2D eigenvalue weighted by Gasteiger charge is -2.21. The van der Waals surface area contributed by atoms with Crippen molar-refractivity contribution in [3.8, 4) is 0 Å². The third-order valence-electron chi connectivity index (χ3n) is 2.99. The molecule has 2 rings (SSSR count). The monoisotopic (exact) mass is 326 g/mol. The molecule has 19 heavy (non-hydrogen) atoms. The Labute approximate surface area is 117 Å². The molecule has 0 bridgehead atoms. The number of hydrogen-bond donors (Lipinski definition) is 2. The number of halogens is 1. The number of urea groups is 1. The van der Waals surface area contributed by atoms with E-state index in [2.05, 4.69) is 21.2 Å². The number of nitrogens with one attached hydrogen (secondary N) is 1. The van der Waals surface area contributed by atoms with Crippen molar-refractivity contribution in [2.45, 2.75) is 12.5 Å². The molecule has 1 aliphatic heterocycles. The highest BCUT2D eigenvalue weighted by atomic mass is 79.9. The van der Waals surface area contributed by atoms with Crippen LogP contribution in [-0.4, -0.2) is 34.5 Å². The normalized spacial score (nSPS) is 22.5. The van der Waals surface area contributed by atoms with Gasteiger partial charge < -0.3 is 10.4 Å². The molecule has 7 heteroatoms. The van der Waals surface area contributed by atoms with Crippen LogP contribution in [0.1, 0.15) is 12.5 Å². The Morgan fingerprint density at radius 3 is 2.47 bits per heavy atom. The third kappa shape index (κ3) is 2.33. The number of carboxylic acid groups (broad SMARTS) is 1. The second-order valence-corrected chi connectivity index (χ2v) is 5.26. The van der Waals surface area contributed by atoms with E-state index in [0.717, 1.165) is 4.47 Å². The van der Waals surface area contributed by atoms with E-state index in [9.17, 15) is 14.4 Å². The minimum atomic E-state index is -1.23. The Bertz CT molecular complexity index is 557. The topological polar surface area (TPSA) is 86.7 Å². The molecule has 1 aromatic rings. The van der Waals surface area contributed by atoms with Gasteiger partial charge in [0.15, 0.2) is 0 Å². The van der Waals surface area contributed by atoms with Crippen LogP contribution in [0.5, 0.6) is 0 Å². The summed E-state index contributed by atoms with van der Waals surface area (Å²) in [5, 5.41) is 11.2. The summed E-state index contributed by atoms with van der Waals surface area (Å²) in [6, 6.07) is 6.21. The fraction of sp³-hybridized carbons (Fsp3) is 0.250. The molecule has 1 fully saturated rings. The van der Waals surface area contributed by atoms with Crippen LogP contribution in [-0.2, 0) is 15.1 Å². The number of carboxylic acids is 1. The summed E-state index contributed by atoms with van der Waals surface area (Å²) < 4.78 is 0.846. The number of aliphatic carboxylic acids is 1. The molecule has 3 amide bonds. The van der Waals surface area contributed by atoms with E-state index < -0.39 is 30.0 Å². The fourth-order valence-corrected chi connectivity index (χ4v) is 2.22. The molecular formula is C12H11BrN2O4. The van der Waals surface area contributed by atoms with Gasteiger partial charge in [-0.3, -0.25) is 14.5 Å². The minimum absolute atomic E-state index is 0.567. The first-order valence-electron chi connectivity index (χ1n) is 5.46. The van der Waals surface area contributed by atoms with Gasteiger partial charge in [-0.15, -0.1) is 0 Å². The zero-order valence-corrected chi connectivity index (χ0v) is 11.6. The summed E-state index contributed by atoms with van der Waals surface area (Å²) in [5.74, 6) is -1.80. The first-order chi connectivity index (χ1) is 8.84. The van der Waals surface area contributed by atoms with Gasteiger partial charge in [0.1, 0.15) is 12.1 Å².